The number of carbonyl (C=O) groups is 2. The van der Waals surface area contributed by atoms with Gasteiger partial charge in [-0.25, -0.2) is 4.79 Å². The van der Waals surface area contributed by atoms with Gasteiger partial charge in [0.25, 0.3) is 0 Å². The summed E-state index contributed by atoms with van der Waals surface area (Å²) in [6, 6.07) is 4.65. The number of ether oxygens (including phenoxy) is 1. The Bertz CT molecular complexity index is 530. The van der Waals surface area contributed by atoms with E-state index in [0.29, 0.717) is 6.42 Å². The van der Waals surface area contributed by atoms with E-state index in [1.165, 1.54) is 6.08 Å². The number of aryl methyl sites for hydroxylation is 1. The van der Waals surface area contributed by atoms with E-state index < -0.39 is 12.0 Å². The minimum atomic E-state index is -1.06. The molecule has 6 heteroatoms. The summed E-state index contributed by atoms with van der Waals surface area (Å²) in [6.45, 7) is 3.48. The predicted molar refractivity (Wildman–Crippen MR) is 83.4 cm³/mol. The Labute approximate surface area is 132 Å². The monoisotopic (exact) mass is 355 g/mol. The molecule has 0 aliphatic carbocycles. The Morgan fingerprint density at radius 3 is 2.76 bits per heavy atom. The first-order chi connectivity index (χ1) is 9.97. The van der Waals surface area contributed by atoms with E-state index in [9.17, 15) is 9.59 Å². The molecular weight excluding hydrogens is 338 g/mol. The Hall–Kier alpha value is -1.82. The van der Waals surface area contributed by atoms with Crippen LogP contribution in [0.15, 0.2) is 35.3 Å². The molecule has 0 saturated heterocycles. The Balaban J connectivity index is 2.54. The van der Waals surface area contributed by atoms with E-state index in [0.717, 1.165) is 15.8 Å². The van der Waals surface area contributed by atoms with Crippen molar-refractivity contribution in [1.82, 2.24) is 5.32 Å². The molecule has 2 N–H and O–H groups in total. The van der Waals surface area contributed by atoms with Crippen LogP contribution in [0, 0.1) is 0 Å². The zero-order chi connectivity index (χ0) is 15.8. The highest BCUT2D eigenvalue weighted by atomic mass is 79.9. The summed E-state index contributed by atoms with van der Waals surface area (Å²) in [4.78, 5) is 22.7. The lowest BCUT2D eigenvalue weighted by Gasteiger charge is -2.12. The smallest absolute Gasteiger partial charge is 0.326 e. The summed E-state index contributed by atoms with van der Waals surface area (Å²) >= 11 is 3.38. The fraction of sp³-hybridized carbons (Fsp3) is 0.333. The minimum Gasteiger partial charge on any atom is -0.496 e. The maximum absolute atomic E-state index is 11.8. The average molecular weight is 356 g/mol. The van der Waals surface area contributed by atoms with Crippen LogP contribution >= 0.6 is 15.9 Å². The number of aliphatic carboxylic acids is 1. The molecule has 1 amide bonds. The molecule has 1 unspecified atom stereocenters. The molecule has 0 aromatic heterocycles. The Morgan fingerprint density at radius 1 is 1.52 bits per heavy atom. The van der Waals surface area contributed by atoms with Gasteiger partial charge in [-0.15, -0.1) is 6.58 Å². The van der Waals surface area contributed by atoms with Crippen LogP contribution in [0.25, 0.3) is 0 Å². The maximum atomic E-state index is 11.8. The largest absolute Gasteiger partial charge is 0.496 e. The minimum absolute atomic E-state index is 0.204. The number of amides is 1. The highest BCUT2D eigenvalue weighted by Crippen LogP contribution is 2.25. The highest BCUT2D eigenvalue weighted by molar-refractivity contribution is 9.10. The third-order valence-corrected chi connectivity index (χ3v) is 3.51. The van der Waals surface area contributed by atoms with E-state index >= 15 is 0 Å². The molecule has 1 atom stereocenters. The normalized spacial score (nSPS) is 11.5. The number of nitrogens with one attached hydrogen (secondary N) is 1. The third kappa shape index (κ3) is 5.59. The molecule has 0 heterocycles. The second-order valence-corrected chi connectivity index (χ2v) is 5.31. The molecule has 1 aromatic carbocycles. The molecule has 0 saturated carbocycles. The first-order valence-corrected chi connectivity index (χ1v) is 7.22. The van der Waals surface area contributed by atoms with Crippen molar-refractivity contribution in [3.05, 3.63) is 40.9 Å². The van der Waals surface area contributed by atoms with Crippen LogP contribution in [0.4, 0.5) is 0 Å². The van der Waals surface area contributed by atoms with Gasteiger partial charge in [0, 0.05) is 6.42 Å². The Morgan fingerprint density at radius 2 is 2.24 bits per heavy atom. The van der Waals surface area contributed by atoms with Gasteiger partial charge in [0.05, 0.1) is 11.6 Å². The van der Waals surface area contributed by atoms with Crippen molar-refractivity contribution >= 4 is 27.8 Å². The van der Waals surface area contributed by atoms with Gasteiger partial charge in [0.15, 0.2) is 0 Å². The van der Waals surface area contributed by atoms with Crippen LogP contribution in [0.3, 0.4) is 0 Å². The van der Waals surface area contributed by atoms with Crippen molar-refractivity contribution < 1.29 is 19.4 Å². The number of benzene rings is 1. The molecular formula is C15H18BrNO4. The highest BCUT2D eigenvalue weighted by Gasteiger charge is 2.17. The molecule has 0 bridgehead atoms. The lowest BCUT2D eigenvalue weighted by Crippen LogP contribution is -2.40. The van der Waals surface area contributed by atoms with Crippen LogP contribution in [0.5, 0.6) is 5.75 Å². The molecule has 114 valence electrons. The summed E-state index contributed by atoms with van der Waals surface area (Å²) < 4.78 is 5.95. The van der Waals surface area contributed by atoms with Gasteiger partial charge in [0.1, 0.15) is 11.8 Å². The summed E-state index contributed by atoms with van der Waals surface area (Å²) in [7, 11) is 1.58. The summed E-state index contributed by atoms with van der Waals surface area (Å²) in [5.74, 6) is -0.633. The Kier molecular flexibility index (Phi) is 6.94. The predicted octanol–water partition coefficient (Wildman–Crippen LogP) is 2.54. The molecule has 0 fully saturated rings. The molecule has 0 aliphatic heterocycles. The van der Waals surface area contributed by atoms with Crippen LogP contribution in [0.1, 0.15) is 18.4 Å². The first kappa shape index (κ1) is 17.2. The van der Waals surface area contributed by atoms with E-state index in [4.69, 9.17) is 9.84 Å². The molecule has 0 aliphatic rings. The lowest BCUT2D eigenvalue weighted by molar-refractivity contribution is -0.141. The number of hydrogen-bond donors (Lipinski definition) is 2. The van der Waals surface area contributed by atoms with Crippen molar-refractivity contribution in [2.24, 2.45) is 0 Å². The maximum Gasteiger partial charge on any atom is 0.326 e. The fourth-order valence-corrected chi connectivity index (χ4v) is 2.37. The van der Waals surface area contributed by atoms with Crippen LogP contribution in [-0.4, -0.2) is 30.1 Å². The van der Waals surface area contributed by atoms with Crippen molar-refractivity contribution in [3.63, 3.8) is 0 Å². The van der Waals surface area contributed by atoms with Crippen LogP contribution in [0.2, 0.25) is 0 Å². The number of methoxy groups -OCH3 is 1. The van der Waals surface area contributed by atoms with Gasteiger partial charge in [0.2, 0.25) is 5.91 Å². The SMILES string of the molecule is C=CCC(NC(=O)CCc1ccc(OC)c(Br)c1)C(=O)O. The quantitative estimate of drug-likeness (QED) is 0.702. The molecule has 1 aromatic rings. The zero-order valence-electron chi connectivity index (χ0n) is 11.8. The van der Waals surface area contributed by atoms with Gasteiger partial charge < -0.3 is 15.2 Å². The van der Waals surface area contributed by atoms with E-state index in [1.54, 1.807) is 7.11 Å². The van der Waals surface area contributed by atoms with E-state index in [2.05, 4.69) is 27.8 Å². The van der Waals surface area contributed by atoms with Gasteiger partial charge in [-0.05, 0) is 46.5 Å². The second kappa shape index (κ2) is 8.46. The summed E-state index contributed by atoms with van der Waals surface area (Å²) in [6.07, 6.45) is 2.42. The number of rotatable bonds is 8. The zero-order valence-corrected chi connectivity index (χ0v) is 13.4. The number of carboxylic acid groups (broad SMARTS) is 1. The molecule has 5 nitrogen and oxygen atoms in total. The topological polar surface area (TPSA) is 75.6 Å². The van der Waals surface area contributed by atoms with Crippen LogP contribution < -0.4 is 10.1 Å². The number of carboxylic acids is 1. The van der Waals surface area contributed by atoms with Crippen molar-refractivity contribution in [2.45, 2.75) is 25.3 Å². The van der Waals surface area contributed by atoms with Crippen molar-refractivity contribution in [1.29, 1.82) is 0 Å². The standard InChI is InChI=1S/C15H18BrNO4/c1-3-4-12(15(19)20)17-14(18)8-6-10-5-7-13(21-2)11(16)9-10/h3,5,7,9,12H,1,4,6,8H2,2H3,(H,17,18)(H,19,20). The molecule has 0 spiro atoms. The van der Waals surface area contributed by atoms with Crippen LogP contribution in [-0.2, 0) is 16.0 Å². The molecule has 0 radical (unpaired) electrons. The fourth-order valence-electron chi connectivity index (χ4n) is 1.78. The van der Waals surface area contributed by atoms with Gasteiger partial charge in [-0.3, -0.25) is 4.79 Å². The number of carbonyl (C=O) groups excluding carboxylic acids is 1. The first-order valence-electron chi connectivity index (χ1n) is 6.43. The van der Waals surface area contributed by atoms with Gasteiger partial charge in [-0.2, -0.15) is 0 Å². The van der Waals surface area contributed by atoms with Gasteiger partial charge >= 0.3 is 5.97 Å². The van der Waals surface area contributed by atoms with Gasteiger partial charge in [-0.1, -0.05) is 12.1 Å². The van der Waals surface area contributed by atoms with Crippen molar-refractivity contribution in [3.8, 4) is 5.75 Å². The number of hydrogen-bond acceptors (Lipinski definition) is 3. The average Bonchev–Trinajstić information content (AvgIpc) is 2.44. The summed E-state index contributed by atoms with van der Waals surface area (Å²) in [5.41, 5.74) is 0.966. The van der Waals surface area contributed by atoms with Crippen molar-refractivity contribution in [2.75, 3.05) is 7.11 Å². The third-order valence-electron chi connectivity index (χ3n) is 2.89. The molecule has 21 heavy (non-hydrogen) atoms. The number of halogens is 1. The molecule has 1 rings (SSSR count). The summed E-state index contributed by atoms with van der Waals surface area (Å²) in [5, 5.41) is 11.4. The van der Waals surface area contributed by atoms with E-state index in [-0.39, 0.29) is 18.7 Å². The van der Waals surface area contributed by atoms with E-state index in [1.807, 2.05) is 18.2 Å². The second-order valence-electron chi connectivity index (χ2n) is 4.45. The lowest BCUT2D eigenvalue weighted by atomic mass is 10.1.